The Labute approximate surface area is 194 Å². The molecular formula is C17H26NNaO8S2. The van der Waals surface area contributed by atoms with E-state index in [-0.39, 0.29) is 40.6 Å². The number of hydroxylamine groups is 2. The standard InChI is InChI=1S/C17H27NO8S2.Na/c1-16(2)10-5-11-17(3,4)18(16)26-15(12-25-28(22,23)24)13-6-8-14(9-7-13)27(19,20)21;/h6-9,15H,5,10-12H2,1-4H3,(H,19,20,21)(H,22,23,24);/q;+1/p-1. The van der Waals surface area contributed by atoms with Crippen LogP contribution in [-0.4, -0.2) is 48.7 Å². The molecule has 1 N–H and O–H groups in total. The van der Waals surface area contributed by atoms with Gasteiger partial charge in [0, 0.05) is 11.1 Å². The Kier molecular flexibility index (Phi) is 8.92. The third-order valence-corrected chi connectivity index (χ3v) is 6.10. The van der Waals surface area contributed by atoms with Gasteiger partial charge in [0.2, 0.25) is 0 Å². The van der Waals surface area contributed by atoms with Crippen LogP contribution in [-0.2, 0) is 29.5 Å². The summed E-state index contributed by atoms with van der Waals surface area (Å²) in [7, 11) is -9.31. The first-order valence-corrected chi connectivity index (χ1v) is 11.5. The van der Waals surface area contributed by atoms with E-state index in [1.165, 1.54) is 12.1 Å². The molecule has 1 heterocycles. The normalized spacial score (nSPS) is 20.6. The molecule has 1 saturated heterocycles. The van der Waals surface area contributed by atoms with E-state index in [9.17, 15) is 21.4 Å². The van der Waals surface area contributed by atoms with Crippen LogP contribution in [0.1, 0.15) is 58.6 Å². The number of rotatable bonds is 7. The Bertz CT molecular complexity index is 882. The molecule has 0 amide bonds. The minimum atomic E-state index is -4.70. The summed E-state index contributed by atoms with van der Waals surface area (Å²) >= 11 is 0. The first kappa shape index (κ1) is 27.0. The van der Waals surface area contributed by atoms with Crippen LogP contribution < -0.4 is 29.6 Å². The Hall–Kier alpha value is -0.0800. The van der Waals surface area contributed by atoms with Crippen LogP contribution in [0.15, 0.2) is 29.2 Å². The second-order valence-corrected chi connectivity index (χ2v) is 10.6. The molecular weight excluding hydrogens is 433 g/mol. The van der Waals surface area contributed by atoms with Crippen molar-refractivity contribution in [3.8, 4) is 0 Å². The van der Waals surface area contributed by atoms with Gasteiger partial charge in [-0.05, 0) is 64.7 Å². The van der Waals surface area contributed by atoms with E-state index >= 15 is 0 Å². The van der Waals surface area contributed by atoms with Crippen LogP contribution in [0, 0.1) is 0 Å². The monoisotopic (exact) mass is 459 g/mol. The summed E-state index contributed by atoms with van der Waals surface area (Å²) in [6.07, 6.45) is 1.76. The van der Waals surface area contributed by atoms with E-state index in [2.05, 4.69) is 4.18 Å². The molecule has 1 atom stereocenters. The maximum atomic E-state index is 11.1. The fourth-order valence-electron chi connectivity index (χ4n) is 3.57. The molecule has 0 aliphatic carbocycles. The Morgan fingerprint density at radius 1 is 1.07 bits per heavy atom. The second kappa shape index (κ2) is 9.60. The molecule has 1 fully saturated rings. The van der Waals surface area contributed by atoms with Crippen molar-refractivity contribution in [3.63, 3.8) is 0 Å². The molecule has 1 aromatic carbocycles. The fraction of sp³-hybridized carbons (Fsp3) is 0.647. The zero-order valence-corrected chi connectivity index (χ0v) is 20.9. The van der Waals surface area contributed by atoms with Gasteiger partial charge in [-0.1, -0.05) is 12.1 Å². The number of hydrogen-bond donors (Lipinski definition) is 1. The topological polar surface area (TPSA) is 133 Å². The average molecular weight is 460 g/mol. The first-order valence-electron chi connectivity index (χ1n) is 8.77. The summed E-state index contributed by atoms with van der Waals surface area (Å²) in [4.78, 5) is 5.72. The largest absolute Gasteiger partial charge is 1.00 e. The predicted octanol–water partition coefficient (Wildman–Crippen LogP) is -0.570. The van der Waals surface area contributed by atoms with Gasteiger partial charge in [-0.25, -0.2) is 12.6 Å². The molecule has 160 valence electrons. The molecule has 0 bridgehead atoms. The maximum absolute atomic E-state index is 11.1. The predicted molar refractivity (Wildman–Crippen MR) is 99.6 cm³/mol. The minimum Gasteiger partial charge on any atom is -0.744 e. The van der Waals surface area contributed by atoms with Crippen LogP contribution >= 0.6 is 0 Å². The van der Waals surface area contributed by atoms with Crippen molar-refractivity contribution in [2.75, 3.05) is 6.61 Å². The van der Waals surface area contributed by atoms with Crippen molar-refractivity contribution < 1.29 is 64.5 Å². The Morgan fingerprint density at radius 2 is 1.55 bits per heavy atom. The Balaban J connectivity index is 0.00000420. The van der Waals surface area contributed by atoms with Crippen LogP contribution in [0.5, 0.6) is 0 Å². The molecule has 2 rings (SSSR count). The number of piperidine rings is 1. The van der Waals surface area contributed by atoms with Crippen LogP contribution in [0.3, 0.4) is 0 Å². The van der Waals surface area contributed by atoms with E-state index in [1.54, 1.807) is 5.06 Å². The van der Waals surface area contributed by atoms with Gasteiger partial charge in [0.05, 0.1) is 4.90 Å². The molecule has 0 saturated carbocycles. The number of hydrogen-bond acceptors (Lipinski definition) is 8. The summed E-state index contributed by atoms with van der Waals surface area (Å²) in [6, 6.07) is 4.95. The molecule has 29 heavy (non-hydrogen) atoms. The molecule has 1 aromatic rings. The molecule has 12 heteroatoms. The molecule has 0 aromatic heterocycles. The SMILES string of the molecule is CC1(C)CCCC(C)(C)N1OC(COS(=O)(=O)O)c1ccc(S(=O)(=O)[O-])cc1.[Na+]. The molecule has 1 aliphatic heterocycles. The molecule has 1 unspecified atom stereocenters. The molecule has 1 aliphatic rings. The van der Waals surface area contributed by atoms with Crippen molar-refractivity contribution in [1.29, 1.82) is 0 Å². The number of nitrogens with zero attached hydrogens (tertiary/aromatic N) is 1. The zero-order valence-electron chi connectivity index (χ0n) is 17.3. The van der Waals surface area contributed by atoms with Crippen LogP contribution in [0.2, 0.25) is 0 Å². The van der Waals surface area contributed by atoms with Crippen LogP contribution in [0.4, 0.5) is 0 Å². The second-order valence-electron chi connectivity index (χ2n) is 8.10. The van der Waals surface area contributed by atoms with Crippen molar-refractivity contribution in [1.82, 2.24) is 5.06 Å². The van der Waals surface area contributed by atoms with Crippen molar-refractivity contribution in [2.24, 2.45) is 0 Å². The maximum Gasteiger partial charge on any atom is 1.00 e. The van der Waals surface area contributed by atoms with Crippen molar-refractivity contribution >= 4 is 20.5 Å². The molecule has 9 nitrogen and oxygen atoms in total. The summed E-state index contributed by atoms with van der Waals surface area (Å²) in [6.45, 7) is 7.48. The first-order chi connectivity index (χ1) is 12.6. The summed E-state index contributed by atoms with van der Waals surface area (Å²) in [5.41, 5.74) is -0.305. The molecule has 0 radical (unpaired) electrons. The van der Waals surface area contributed by atoms with Gasteiger partial charge in [-0.3, -0.25) is 9.39 Å². The zero-order chi connectivity index (χ0) is 21.4. The van der Waals surface area contributed by atoms with E-state index in [0.717, 1.165) is 31.4 Å². The average Bonchev–Trinajstić information content (AvgIpc) is 2.51. The van der Waals surface area contributed by atoms with Gasteiger partial charge in [-0.2, -0.15) is 13.5 Å². The van der Waals surface area contributed by atoms with E-state index < -0.39 is 38.1 Å². The Morgan fingerprint density at radius 3 is 1.97 bits per heavy atom. The smallest absolute Gasteiger partial charge is 0.744 e. The van der Waals surface area contributed by atoms with Crippen molar-refractivity contribution in [2.45, 2.75) is 69.0 Å². The van der Waals surface area contributed by atoms with Gasteiger partial charge < -0.3 is 4.55 Å². The van der Waals surface area contributed by atoms with Gasteiger partial charge in [0.15, 0.2) is 0 Å². The van der Waals surface area contributed by atoms with E-state index in [1.807, 2.05) is 27.7 Å². The minimum absolute atomic E-state index is 0. The third-order valence-electron chi connectivity index (χ3n) is 4.82. The number of benzene rings is 1. The fourth-order valence-corrected chi connectivity index (χ4v) is 4.34. The van der Waals surface area contributed by atoms with E-state index in [0.29, 0.717) is 5.56 Å². The molecule has 0 spiro atoms. The summed E-state index contributed by atoms with van der Waals surface area (Å²) in [5.74, 6) is 0. The van der Waals surface area contributed by atoms with Gasteiger partial charge >= 0.3 is 40.0 Å². The summed E-state index contributed by atoms with van der Waals surface area (Å²) < 4.78 is 68.9. The van der Waals surface area contributed by atoms with Crippen molar-refractivity contribution in [3.05, 3.63) is 29.8 Å². The van der Waals surface area contributed by atoms with Gasteiger partial charge in [0.1, 0.15) is 22.8 Å². The van der Waals surface area contributed by atoms with Crippen LogP contribution in [0.25, 0.3) is 0 Å². The quantitative estimate of drug-likeness (QED) is 0.420. The van der Waals surface area contributed by atoms with Gasteiger partial charge in [0.25, 0.3) is 0 Å². The van der Waals surface area contributed by atoms with Gasteiger partial charge in [-0.15, -0.1) is 0 Å². The van der Waals surface area contributed by atoms with E-state index in [4.69, 9.17) is 9.39 Å². The third kappa shape index (κ3) is 7.53. The summed E-state index contributed by atoms with van der Waals surface area (Å²) in [5, 5.41) is 1.79.